The molecule has 0 fully saturated rings. The molecule has 0 radical (unpaired) electrons. The third-order valence-electron chi connectivity index (χ3n) is 4.39. The molecule has 120 valence electrons. The Hall–Kier alpha value is -3.18. The van der Waals surface area contributed by atoms with Crippen LogP contribution in [-0.4, -0.2) is 21.2 Å². The van der Waals surface area contributed by atoms with Crippen LogP contribution >= 0.6 is 11.3 Å². The molecule has 0 spiro atoms. The summed E-state index contributed by atoms with van der Waals surface area (Å²) in [6, 6.07) is 18.8. The summed E-state index contributed by atoms with van der Waals surface area (Å²) in [6.07, 6.45) is 0. The number of benzene rings is 2. The first-order valence-corrected chi connectivity index (χ1v) is 8.73. The number of aliphatic imine (C=N–C) groups is 1. The molecular weight excluding hydrogens is 332 g/mol. The Labute approximate surface area is 147 Å². The number of aromatic hydroxyl groups is 1. The van der Waals surface area contributed by atoms with Crippen molar-refractivity contribution >= 4 is 39.4 Å². The maximum Gasteiger partial charge on any atom is 0.215 e. The number of nitrogens with zero attached hydrogens (tertiary/aromatic N) is 2. The number of rotatable bonds is 2. The van der Waals surface area contributed by atoms with Crippen molar-refractivity contribution in [2.24, 2.45) is 4.99 Å². The SMILES string of the molecule is O=C1C(c2c(O)c3ccccc3n2-c2cccs2)=Nc2ccccc21. The highest BCUT2D eigenvalue weighted by molar-refractivity contribution is 7.12. The first kappa shape index (κ1) is 14.2. The van der Waals surface area contributed by atoms with Gasteiger partial charge in [0.05, 0.1) is 11.2 Å². The van der Waals surface area contributed by atoms with Gasteiger partial charge in [0.2, 0.25) is 5.78 Å². The molecule has 25 heavy (non-hydrogen) atoms. The van der Waals surface area contributed by atoms with Crippen molar-refractivity contribution in [1.82, 2.24) is 4.57 Å². The first-order valence-electron chi connectivity index (χ1n) is 7.85. The van der Waals surface area contributed by atoms with Crippen LogP contribution in [-0.2, 0) is 0 Å². The zero-order valence-electron chi connectivity index (χ0n) is 13.0. The van der Waals surface area contributed by atoms with Gasteiger partial charge in [0.15, 0.2) is 5.75 Å². The number of hydrogen-bond acceptors (Lipinski definition) is 4. The highest BCUT2D eigenvalue weighted by Crippen LogP contribution is 2.39. The van der Waals surface area contributed by atoms with Crippen LogP contribution in [0.4, 0.5) is 5.69 Å². The third-order valence-corrected chi connectivity index (χ3v) is 5.25. The van der Waals surface area contributed by atoms with Crippen LogP contribution in [0, 0.1) is 0 Å². The van der Waals surface area contributed by atoms with Gasteiger partial charge in [-0.15, -0.1) is 11.3 Å². The highest BCUT2D eigenvalue weighted by atomic mass is 32.1. The van der Waals surface area contributed by atoms with Crippen LogP contribution < -0.4 is 0 Å². The number of fused-ring (bicyclic) bond motifs is 2. The van der Waals surface area contributed by atoms with Crippen molar-refractivity contribution in [3.05, 3.63) is 77.3 Å². The van der Waals surface area contributed by atoms with Gasteiger partial charge < -0.3 is 5.11 Å². The summed E-state index contributed by atoms with van der Waals surface area (Å²) in [5.74, 6) is -0.0737. The minimum Gasteiger partial charge on any atom is -0.505 e. The van der Waals surface area contributed by atoms with Gasteiger partial charge in [0.25, 0.3) is 0 Å². The van der Waals surface area contributed by atoms with Gasteiger partial charge in [0, 0.05) is 10.9 Å². The Morgan fingerprint density at radius 2 is 1.76 bits per heavy atom. The van der Waals surface area contributed by atoms with Crippen molar-refractivity contribution in [3.8, 4) is 10.8 Å². The summed E-state index contributed by atoms with van der Waals surface area (Å²) in [6.45, 7) is 0. The molecule has 0 saturated carbocycles. The van der Waals surface area contributed by atoms with E-state index in [4.69, 9.17) is 0 Å². The molecule has 0 saturated heterocycles. The molecule has 3 heterocycles. The smallest absolute Gasteiger partial charge is 0.215 e. The molecule has 1 aliphatic heterocycles. The Morgan fingerprint density at radius 1 is 0.960 bits per heavy atom. The van der Waals surface area contributed by atoms with E-state index in [0.29, 0.717) is 22.3 Å². The third kappa shape index (κ3) is 1.93. The maximum atomic E-state index is 12.9. The molecule has 5 heteroatoms. The zero-order chi connectivity index (χ0) is 17.0. The highest BCUT2D eigenvalue weighted by Gasteiger charge is 2.32. The second-order valence-corrected chi connectivity index (χ2v) is 6.73. The summed E-state index contributed by atoms with van der Waals surface area (Å²) in [4.78, 5) is 17.4. The molecule has 4 aromatic rings. The molecule has 4 nitrogen and oxygen atoms in total. The molecule has 0 atom stereocenters. The Kier molecular flexibility index (Phi) is 2.93. The van der Waals surface area contributed by atoms with Gasteiger partial charge >= 0.3 is 0 Å². The number of carbonyl (C=O) groups excluding carboxylic acids is 1. The van der Waals surface area contributed by atoms with Gasteiger partial charge in [-0.3, -0.25) is 9.36 Å². The van der Waals surface area contributed by atoms with E-state index in [2.05, 4.69) is 4.99 Å². The van der Waals surface area contributed by atoms with E-state index in [-0.39, 0.29) is 17.2 Å². The fourth-order valence-corrected chi connectivity index (χ4v) is 4.04. The van der Waals surface area contributed by atoms with Crippen molar-refractivity contribution in [1.29, 1.82) is 0 Å². The van der Waals surface area contributed by atoms with Crippen molar-refractivity contribution < 1.29 is 9.90 Å². The van der Waals surface area contributed by atoms with Gasteiger partial charge in [-0.2, -0.15) is 0 Å². The predicted octanol–water partition coefficient (Wildman–Crippen LogP) is 4.71. The monoisotopic (exact) mass is 344 g/mol. The average molecular weight is 344 g/mol. The van der Waals surface area contributed by atoms with Crippen molar-refractivity contribution in [2.75, 3.05) is 0 Å². The summed E-state index contributed by atoms with van der Waals surface area (Å²) < 4.78 is 1.91. The van der Waals surface area contributed by atoms with E-state index in [1.165, 1.54) is 0 Å². The Balaban J connectivity index is 1.85. The first-order chi connectivity index (χ1) is 12.3. The van der Waals surface area contributed by atoms with E-state index in [9.17, 15) is 9.90 Å². The lowest BCUT2D eigenvalue weighted by molar-refractivity contribution is 0.106. The predicted molar refractivity (Wildman–Crippen MR) is 99.8 cm³/mol. The van der Waals surface area contributed by atoms with E-state index >= 15 is 0 Å². The van der Waals surface area contributed by atoms with Crippen molar-refractivity contribution in [3.63, 3.8) is 0 Å². The number of aromatic nitrogens is 1. The topological polar surface area (TPSA) is 54.6 Å². The van der Waals surface area contributed by atoms with E-state index in [0.717, 1.165) is 10.5 Å². The fourth-order valence-electron chi connectivity index (χ4n) is 3.29. The van der Waals surface area contributed by atoms with Gasteiger partial charge in [-0.25, -0.2) is 4.99 Å². The molecule has 5 rings (SSSR count). The quantitative estimate of drug-likeness (QED) is 0.572. The van der Waals surface area contributed by atoms with Crippen LogP contribution in [0.1, 0.15) is 16.1 Å². The second-order valence-electron chi connectivity index (χ2n) is 5.81. The van der Waals surface area contributed by atoms with Crippen LogP contribution in [0.2, 0.25) is 0 Å². The van der Waals surface area contributed by atoms with E-state index < -0.39 is 0 Å². The fraction of sp³-hybridized carbons (Fsp3) is 0. The molecular formula is C20H12N2O2S. The molecule has 0 unspecified atom stereocenters. The number of Topliss-reactive ketones (excluding diaryl/α,β-unsaturated/α-hetero) is 1. The lowest BCUT2D eigenvalue weighted by Crippen LogP contribution is -2.15. The normalized spacial score (nSPS) is 13.3. The lowest BCUT2D eigenvalue weighted by atomic mass is 10.1. The summed E-state index contributed by atoms with van der Waals surface area (Å²) >= 11 is 1.55. The maximum absolute atomic E-state index is 12.9. The molecule has 1 aliphatic rings. The minimum absolute atomic E-state index is 0.0870. The van der Waals surface area contributed by atoms with Crippen molar-refractivity contribution in [2.45, 2.75) is 0 Å². The largest absolute Gasteiger partial charge is 0.505 e. The molecule has 0 amide bonds. The summed E-state index contributed by atoms with van der Waals surface area (Å²) in [5, 5.41) is 14.5. The number of ketones is 1. The number of carbonyl (C=O) groups is 1. The average Bonchev–Trinajstić information content (AvgIpc) is 3.33. The number of para-hydroxylation sites is 2. The van der Waals surface area contributed by atoms with E-state index in [1.54, 1.807) is 17.4 Å². The van der Waals surface area contributed by atoms with Crippen LogP contribution in [0.25, 0.3) is 15.9 Å². The van der Waals surface area contributed by atoms with Gasteiger partial charge in [-0.1, -0.05) is 24.3 Å². The van der Waals surface area contributed by atoms with E-state index in [1.807, 2.05) is 64.5 Å². The van der Waals surface area contributed by atoms with Gasteiger partial charge in [-0.05, 0) is 41.8 Å². The van der Waals surface area contributed by atoms with Crippen LogP contribution in [0.3, 0.4) is 0 Å². The second kappa shape index (κ2) is 5.16. The standard InChI is InChI=1S/C20H12N2O2S/c23-19-12-6-1-3-8-14(12)21-17(19)18-20(24)13-7-2-4-9-15(13)22(18)16-10-5-11-25-16/h1-11,24H. The molecule has 1 N–H and O–H groups in total. The van der Waals surface area contributed by atoms with Gasteiger partial charge in [0.1, 0.15) is 16.4 Å². The van der Waals surface area contributed by atoms with Crippen LogP contribution in [0.5, 0.6) is 5.75 Å². The number of hydrogen-bond donors (Lipinski definition) is 1. The molecule has 2 aromatic heterocycles. The summed E-state index contributed by atoms with van der Waals surface area (Å²) in [7, 11) is 0. The molecule has 0 aliphatic carbocycles. The Morgan fingerprint density at radius 3 is 2.56 bits per heavy atom. The Bertz CT molecular complexity index is 1170. The number of thiophene rings is 1. The van der Waals surface area contributed by atoms with Crippen LogP contribution in [0.15, 0.2) is 71.0 Å². The molecule has 0 bridgehead atoms. The molecule has 2 aromatic carbocycles. The zero-order valence-corrected chi connectivity index (χ0v) is 13.8. The summed E-state index contributed by atoms with van der Waals surface area (Å²) in [5.41, 5.74) is 2.79. The minimum atomic E-state index is -0.161. The lowest BCUT2D eigenvalue weighted by Gasteiger charge is -2.07.